The van der Waals surface area contributed by atoms with Crippen LogP contribution >= 0.6 is 0 Å². The van der Waals surface area contributed by atoms with Crippen LogP contribution in [0.2, 0.25) is 0 Å². The molecule has 3 aromatic carbocycles. The lowest BCUT2D eigenvalue weighted by molar-refractivity contribution is 0.0303. The molecule has 7 nitrogen and oxygen atoms in total. The maximum atomic E-state index is 12.9. The van der Waals surface area contributed by atoms with E-state index < -0.39 is 0 Å². The molecule has 1 aliphatic heterocycles. The summed E-state index contributed by atoms with van der Waals surface area (Å²) in [5.41, 5.74) is 1.37. The standard InChI is InChI=1S/C26H26N2O5/c29-25(27-24-12-5-4-11-23(24)26(30)28-13-15-31-16-14-28)20-7-6-10-22(19-20)33-18-17-32-21-8-2-1-3-9-21/h1-12,19H,13-18H2,(H,27,29). The quantitative estimate of drug-likeness (QED) is 0.532. The van der Waals surface area contributed by atoms with Crippen LogP contribution in [0.4, 0.5) is 5.69 Å². The molecule has 1 heterocycles. The number of morpholine rings is 1. The number of carbonyl (C=O) groups is 2. The SMILES string of the molecule is O=C(Nc1ccccc1C(=O)N1CCOCC1)c1cccc(OCCOc2ccccc2)c1. The zero-order valence-electron chi connectivity index (χ0n) is 18.2. The zero-order valence-corrected chi connectivity index (χ0v) is 18.2. The van der Waals surface area contributed by atoms with Crippen molar-refractivity contribution in [2.45, 2.75) is 0 Å². The van der Waals surface area contributed by atoms with Crippen molar-refractivity contribution in [2.24, 2.45) is 0 Å². The number of amides is 2. The van der Waals surface area contributed by atoms with Gasteiger partial charge >= 0.3 is 0 Å². The maximum Gasteiger partial charge on any atom is 0.256 e. The Morgan fingerprint density at radius 3 is 2.27 bits per heavy atom. The molecule has 0 saturated carbocycles. The Morgan fingerprint density at radius 2 is 1.48 bits per heavy atom. The summed E-state index contributed by atoms with van der Waals surface area (Å²) in [6.07, 6.45) is 0. The van der Waals surface area contributed by atoms with E-state index in [1.54, 1.807) is 53.4 Å². The first-order valence-electron chi connectivity index (χ1n) is 10.9. The number of para-hydroxylation sites is 2. The Kier molecular flexibility index (Phi) is 7.56. The predicted octanol–water partition coefficient (Wildman–Crippen LogP) is 3.87. The first-order chi connectivity index (χ1) is 16.2. The van der Waals surface area contributed by atoms with Crippen molar-refractivity contribution in [3.8, 4) is 11.5 Å². The number of hydrogen-bond acceptors (Lipinski definition) is 5. The van der Waals surface area contributed by atoms with Crippen LogP contribution < -0.4 is 14.8 Å². The van der Waals surface area contributed by atoms with E-state index in [1.807, 2.05) is 30.3 Å². The lowest BCUT2D eigenvalue weighted by atomic mass is 10.1. The van der Waals surface area contributed by atoms with Gasteiger partial charge < -0.3 is 24.4 Å². The van der Waals surface area contributed by atoms with Gasteiger partial charge in [0.25, 0.3) is 11.8 Å². The molecule has 0 radical (unpaired) electrons. The molecule has 33 heavy (non-hydrogen) atoms. The highest BCUT2D eigenvalue weighted by molar-refractivity contribution is 6.09. The summed E-state index contributed by atoms with van der Waals surface area (Å²) < 4.78 is 16.7. The maximum absolute atomic E-state index is 12.9. The summed E-state index contributed by atoms with van der Waals surface area (Å²) in [4.78, 5) is 27.6. The molecule has 2 amide bonds. The van der Waals surface area contributed by atoms with Gasteiger partial charge in [0.05, 0.1) is 24.5 Å². The van der Waals surface area contributed by atoms with Crippen LogP contribution in [0, 0.1) is 0 Å². The Labute approximate surface area is 192 Å². The van der Waals surface area contributed by atoms with Crippen LogP contribution in [-0.2, 0) is 4.74 Å². The topological polar surface area (TPSA) is 77.1 Å². The molecule has 1 N–H and O–H groups in total. The van der Waals surface area contributed by atoms with E-state index in [-0.39, 0.29) is 11.8 Å². The Morgan fingerprint density at radius 1 is 0.818 bits per heavy atom. The summed E-state index contributed by atoms with van der Waals surface area (Å²) in [7, 11) is 0. The monoisotopic (exact) mass is 446 g/mol. The fourth-order valence-corrected chi connectivity index (χ4v) is 3.47. The minimum atomic E-state index is -0.316. The number of carbonyl (C=O) groups excluding carboxylic acids is 2. The number of nitrogens with zero attached hydrogens (tertiary/aromatic N) is 1. The van der Waals surface area contributed by atoms with Crippen LogP contribution in [0.15, 0.2) is 78.9 Å². The third-order valence-corrected chi connectivity index (χ3v) is 5.16. The predicted molar refractivity (Wildman–Crippen MR) is 125 cm³/mol. The number of anilines is 1. The minimum Gasteiger partial charge on any atom is -0.490 e. The molecule has 4 rings (SSSR count). The Hall–Kier alpha value is -3.84. The summed E-state index contributed by atoms with van der Waals surface area (Å²) in [5.74, 6) is 0.907. The zero-order chi connectivity index (χ0) is 22.9. The van der Waals surface area contributed by atoms with E-state index in [2.05, 4.69) is 5.32 Å². The Balaban J connectivity index is 1.36. The summed E-state index contributed by atoms with van der Waals surface area (Å²) in [6.45, 7) is 2.84. The highest BCUT2D eigenvalue weighted by Gasteiger charge is 2.21. The van der Waals surface area contributed by atoms with E-state index in [1.165, 1.54) is 0 Å². The minimum absolute atomic E-state index is 0.121. The molecule has 1 saturated heterocycles. The molecule has 3 aromatic rings. The molecular weight excluding hydrogens is 420 g/mol. The van der Waals surface area contributed by atoms with Gasteiger partial charge in [0, 0.05) is 18.7 Å². The molecule has 170 valence electrons. The van der Waals surface area contributed by atoms with Gasteiger partial charge in [0.2, 0.25) is 0 Å². The van der Waals surface area contributed by atoms with E-state index in [0.717, 1.165) is 5.75 Å². The van der Waals surface area contributed by atoms with E-state index in [4.69, 9.17) is 14.2 Å². The Bertz CT molecular complexity index is 1080. The number of nitrogens with one attached hydrogen (secondary N) is 1. The third-order valence-electron chi connectivity index (χ3n) is 5.16. The molecule has 0 bridgehead atoms. The van der Waals surface area contributed by atoms with Crippen molar-refractivity contribution in [1.29, 1.82) is 0 Å². The molecule has 1 aliphatic rings. The molecule has 0 atom stereocenters. The van der Waals surface area contributed by atoms with Crippen LogP contribution in [0.5, 0.6) is 11.5 Å². The normalized spacial score (nSPS) is 13.3. The second kappa shape index (κ2) is 11.2. The van der Waals surface area contributed by atoms with Gasteiger partial charge in [-0.15, -0.1) is 0 Å². The average Bonchev–Trinajstić information content (AvgIpc) is 2.88. The molecule has 0 unspecified atom stereocenters. The van der Waals surface area contributed by atoms with Crippen LogP contribution in [0.3, 0.4) is 0 Å². The van der Waals surface area contributed by atoms with Crippen molar-refractivity contribution >= 4 is 17.5 Å². The second-order valence-corrected chi connectivity index (χ2v) is 7.44. The van der Waals surface area contributed by atoms with E-state index in [9.17, 15) is 9.59 Å². The van der Waals surface area contributed by atoms with Gasteiger partial charge in [0.1, 0.15) is 24.7 Å². The summed E-state index contributed by atoms with van der Waals surface area (Å²) >= 11 is 0. The molecule has 0 aromatic heterocycles. The molecule has 0 spiro atoms. The van der Waals surface area contributed by atoms with Crippen LogP contribution in [0.1, 0.15) is 20.7 Å². The van der Waals surface area contributed by atoms with Gasteiger partial charge in [-0.05, 0) is 42.5 Å². The van der Waals surface area contributed by atoms with Gasteiger partial charge in [0.15, 0.2) is 0 Å². The smallest absolute Gasteiger partial charge is 0.256 e. The van der Waals surface area contributed by atoms with Gasteiger partial charge in [-0.3, -0.25) is 9.59 Å². The molecular formula is C26H26N2O5. The van der Waals surface area contributed by atoms with Crippen molar-refractivity contribution in [3.05, 3.63) is 90.0 Å². The highest BCUT2D eigenvalue weighted by Crippen LogP contribution is 2.20. The number of hydrogen-bond donors (Lipinski definition) is 1. The van der Waals surface area contributed by atoms with E-state index >= 15 is 0 Å². The fraction of sp³-hybridized carbons (Fsp3) is 0.231. The molecule has 0 aliphatic carbocycles. The summed E-state index contributed by atoms with van der Waals surface area (Å²) in [5, 5.41) is 2.86. The second-order valence-electron chi connectivity index (χ2n) is 7.44. The molecule has 7 heteroatoms. The highest BCUT2D eigenvalue weighted by atomic mass is 16.5. The lowest BCUT2D eigenvalue weighted by Crippen LogP contribution is -2.41. The number of benzene rings is 3. The van der Waals surface area contributed by atoms with Crippen molar-refractivity contribution < 1.29 is 23.8 Å². The van der Waals surface area contributed by atoms with Crippen LogP contribution in [0.25, 0.3) is 0 Å². The first-order valence-corrected chi connectivity index (χ1v) is 10.9. The van der Waals surface area contributed by atoms with Crippen molar-refractivity contribution in [1.82, 2.24) is 4.90 Å². The number of ether oxygens (including phenoxy) is 3. The summed E-state index contributed by atoms with van der Waals surface area (Å²) in [6, 6.07) is 23.5. The van der Waals surface area contributed by atoms with E-state index in [0.29, 0.717) is 62.1 Å². The average molecular weight is 447 g/mol. The van der Waals surface area contributed by atoms with Gasteiger partial charge in [-0.2, -0.15) is 0 Å². The van der Waals surface area contributed by atoms with Crippen LogP contribution in [-0.4, -0.2) is 56.2 Å². The lowest BCUT2D eigenvalue weighted by Gasteiger charge is -2.27. The van der Waals surface area contributed by atoms with Gasteiger partial charge in [-0.25, -0.2) is 0 Å². The van der Waals surface area contributed by atoms with Gasteiger partial charge in [-0.1, -0.05) is 36.4 Å². The number of rotatable bonds is 8. The molecule has 1 fully saturated rings. The largest absolute Gasteiger partial charge is 0.490 e. The first kappa shape index (κ1) is 22.4. The third kappa shape index (κ3) is 6.11. The fourth-order valence-electron chi connectivity index (χ4n) is 3.47. The van der Waals surface area contributed by atoms with Crippen molar-refractivity contribution in [2.75, 3.05) is 44.8 Å². The van der Waals surface area contributed by atoms with Crippen molar-refractivity contribution in [3.63, 3.8) is 0 Å².